The van der Waals surface area contributed by atoms with Gasteiger partial charge in [-0.25, -0.2) is 0 Å². The molecule has 23 heavy (non-hydrogen) atoms. The van der Waals surface area contributed by atoms with Gasteiger partial charge in [-0.15, -0.1) is 0 Å². The Morgan fingerprint density at radius 1 is 1.13 bits per heavy atom. The zero-order chi connectivity index (χ0) is 17.5. The van der Waals surface area contributed by atoms with Crippen LogP contribution in [0.25, 0.3) is 0 Å². The minimum atomic E-state index is -0.932. The second-order valence-corrected chi connectivity index (χ2v) is 6.12. The van der Waals surface area contributed by atoms with Crippen LogP contribution < -0.4 is 0 Å². The molecule has 0 aliphatic heterocycles. The standard InChI is InChI=1S/C18H25ClO4/c1-5-18(4,13-9-8-10-14(19)11-13)12-15(16(20)22-6-2)17(21)23-7-3/h8-11,15H,5-7,12H2,1-4H3. The number of halogens is 1. The van der Waals surface area contributed by atoms with Crippen molar-refractivity contribution >= 4 is 23.5 Å². The molecule has 0 aliphatic carbocycles. The van der Waals surface area contributed by atoms with Crippen molar-refractivity contribution in [2.75, 3.05) is 13.2 Å². The maximum atomic E-state index is 12.2. The number of carbonyl (C=O) groups is 2. The summed E-state index contributed by atoms with van der Waals surface area (Å²) in [6, 6.07) is 7.51. The normalized spacial score (nSPS) is 13.5. The van der Waals surface area contributed by atoms with E-state index in [-0.39, 0.29) is 18.6 Å². The fraction of sp³-hybridized carbons (Fsp3) is 0.556. The van der Waals surface area contributed by atoms with Crippen LogP contribution in [0, 0.1) is 5.92 Å². The first kappa shape index (κ1) is 19.5. The quantitative estimate of drug-likeness (QED) is 0.527. The molecule has 0 aromatic heterocycles. The molecule has 1 rings (SSSR count). The maximum absolute atomic E-state index is 12.2. The Morgan fingerprint density at radius 3 is 2.13 bits per heavy atom. The first-order chi connectivity index (χ1) is 10.9. The average Bonchev–Trinajstić information content (AvgIpc) is 2.52. The monoisotopic (exact) mass is 340 g/mol. The van der Waals surface area contributed by atoms with E-state index in [2.05, 4.69) is 0 Å². The average molecular weight is 341 g/mol. The second-order valence-electron chi connectivity index (χ2n) is 5.69. The highest BCUT2D eigenvalue weighted by molar-refractivity contribution is 6.30. The summed E-state index contributed by atoms with van der Waals surface area (Å²) in [5.74, 6) is -2.00. The molecule has 0 bridgehead atoms. The van der Waals surface area contributed by atoms with Gasteiger partial charge >= 0.3 is 11.9 Å². The van der Waals surface area contributed by atoms with Gasteiger partial charge in [0.15, 0.2) is 5.92 Å². The van der Waals surface area contributed by atoms with Crippen LogP contribution in [0.4, 0.5) is 0 Å². The molecule has 0 fully saturated rings. The number of esters is 2. The first-order valence-electron chi connectivity index (χ1n) is 7.97. The van der Waals surface area contributed by atoms with E-state index in [4.69, 9.17) is 21.1 Å². The molecule has 1 aromatic rings. The van der Waals surface area contributed by atoms with Crippen molar-refractivity contribution in [3.8, 4) is 0 Å². The van der Waals surface area contributed by atoms with Crippen molar-refractivity contribution in [3.63, 3.8) is 0 Å². The lowest BCUT2D eigenvalue weighted by molar-refractivity contribution is -0.162. The molecule has 0 amide bonds. The number of ether oxygens (including phenoxy) is 2. The summed E-state index contributed by atoms with van der Waals surface area (Å²) in [6.07, 6.45) is 1.07. The molecule has 0 N–H and O–H groups in total. The molecular formula is C18H25ClO4. The van der Waals surface area contributed by atoms with Crippen LogP contribution in [0.3, 0.4) is 0 Å². The van der Waals surface area contributed by atoms with Crippen molar-refractivity contribution in [1.82, 2.24) is 0 Å². The molecule has 0 aliphatic rings. The Labute approximate surface area is 143 Å². The summed E-state index contributed by atoms with van der Waals surface area (Å²) in [5.41, 5.74) is 0.612. The Morgan fingerprint density at radius 2 is 1.70 bits per heavy atom. The van der Waals surface area contributed by atoms with Crippen LogP contribution in [0.2, 0.25) is 5.02 Å². The summed E-state index contributed by atoms with van der Waals surface area (Å²) >= 11 is 6.09. The number of rotatable bonds is 8. The highest BCUT2D eigenvalue weighted by atomic mass is 35.5. The largest absolute Gasteiger partial charge is 0.465 e. The number of carbonyl (C=O) groups excluding carboxylic acids is 2. The van der Waals surface area contributed by atoms with Gasteiger partial charge in [0.2, 0.25) is 0 Å². The molecular weight excluding hydrogens is 316 g/mol. The molecule has 0 saturated carbocycles. The SMILES string of the molecule is CCOC(=O)C(CC(C)(CC)c1cccc(Cl)c1)C(=O)OCC. The summed E-state index contributed by atoms with van der Waals surface area (Å²) in [7, 11) is 0. The summed E-state index contributed by atoms with van der Waals surface area (Å²) < 4.78 is 10.1. The number of benzene rings is 1. The number of hydrogen-bond acceptors (Lipinski definition) is 4. The zero-order valence-electron chi connectivity index (χ0n) is 14.2. The van der Waals surface area contributed by atoms with E-state index in [1.807, 2.05) is 32.0 Å². The smallest absolute Gasteiger partial charge is 0.320 e. The van der Waals surface area contributed by atoms with Gasteiger partial charge in [-0.1, -0.05) is 37.6 Å². The van der Waals surface area contributed by atoms with E-state index < -0.39 is 17.9 Å². The Hall–Kier alpha value is -1.55. The van der Waals surface area contributed by atoms with Gasteiger partial charge in [0, 0.05) is 5.02 Å². The van der Waals surface area contributed by atoms with Crippen molar-refractivity contribution in [1.29, 1.82) is 0 Å². The van der Waals surface area contributed by atoms with Gasteiger partial charge in [-0.3, -0.25) is 9.59 Å². The zero-order valence-corrected chi connectivity index (χ0v) is 15.0. The fourth-order valence-electron chi connectivity index (χ4n) is 2.53. The lowest BCUT2D eigenvalue weighted by Crippen LogP contribution is -2.35. The lowest BCUT2D eigenvalue weighted by Gasteiger charge is -2.31. The highest BCUT2D eigenvalue weighted by Crippen LogP contribution is 2.36. The van der Waals surface area contributed by atoms with Crippen molar-refractivity contribution in [2.24, 2.45) is 5.92 Å². The van der Waals surface area contributed by atoms with Crippen molar-refractivity contribution in [3.05, 3.63) is 34.9 Å². The molecule has 1 aromatic carbocycles. The number of hydrogen-bond donors (Lipinski definition) is 0. The maximum Gasteiger partial charge on any atom is 0.320 e. The van der Waals surface area contributed by atoms with E-state index in [0.717, 1.165) is 12.0 Å². The van der Waals surface area contributed by atoms with Crippen molar-refractivity contribution in [2.45, 2.75) is 46.0 Å². The van der Waals surface area contributed by atoms with Crippen molar-refractivity contribution < 1.29 is 19.1 Å². The van der Waals surface area contributed by atoms with Crippen LogP contribution in [0.1, 0.15) is 46.1 Å². The van der Waals surface area contributed by atoms with Gasteiger partial charge in [-0.05, 0) is 49.8 Å². The van der Waals surface area contributed by atoms with Gasteiger partial charge < -0.3 is 9.47 Å². The summed E-state index contributed by atoms with van der Waals surface area (Å²) in [5, 5.41) is 0.631. The predicted molar refractivity (Wildman–Crippen MR) is 90.5 cm³/mol. The fourth-order valence-corrected chi connectivity index (χ4v) is 2.72. The van der Waals surface area contributed by atoms with E-state index in [0.29, 0.717) is 11.4 Å². The van der Waals surface area contributed by atoms with Crippen LogP contribution in [-0.4, -0.2) is 25.2 Å². The van der Waals surface area contributed by atoms with E-state index in [9.17, 15) is 9.59 Å². The van der Waals surface area contributed by atoms with Crippen LogP contribution in [0.5, 0.6) is 0 Å². The first-order valence-corrected chi connectivity index (χ1v) is 8.35. The minimum Gasteiger partial charge on any atom is -0.465 e. The van der Waals surface area contributed by atoms with Gasteiger partial charge in [0.05, 0.1) is 13.2 Å². The summed E-state index contributed by atoms with van der Waals surface area (Å²) in [6.45, 7) is 7.94. The summed E-state index contributed by atoms with van der Waals surface area (Å²) in [4.78, 5) is 24.4. The van der Waals surface area contributed by atoms with E-state index >= 15 is 0 Å². The third-order valence-electron chi connectivity index (χ3n) is 4.10. The van der Waals surface area contributed by atoms with Crippen LogP contribution in [0.15, 0.2) is 24.3 Å². The second kappa shape index (κ2) is 8.92. The highest BCUT2D eigenvalue weighted by Gasteiger charge is 2.38. The molecule has 0 heterocycles. The Kier molecular flexibility index (Phi) is 7.56. The minimum absolute atomic E-state index is 0.231. The molecule has 0 radical (unpaired) electrons. The van der Waals surface area contributed by atoms with Crippen LogP contribution in [-0.2, 0) is 24.5 Å². The molecule has 4 nitrogen and oxygen atoms in total. The molecule has 5 heteroatoms. The van der Waals surface area contributed by atoms with E-state index in [1.165, 1.54) is 0 Å². The van der Waals surface area contributed by atoms with Crippen LogP contribution >= 0.6 is 11.6 Å². The third-order valence-corrected chi connectivity index (χ3v) is 4.33. The van der Waals surface area contributed by atoms with Gasteiger partial charge in [0.1, 0.15) is 0 Å². The predicted octanol–water partition coefficient (Wildman–Crippen LogP) is 4.14. The molecule has 0 saturated heterocycles. The van der Waals surface area contributed by atoms with E-state index in [1.54, 1.807) is 19.9 Å². The third kappa shape index (κ3) is 5.24. The molecule has 0 spiro atoms. The van der Waals surface area contributed by atoms with Gasteiger partial charge in [-0.2, -0.15) is 0 Å². The topological polar surface area (TPSA) is 52.6 Å². The molecule has 128 valence electrons. The van der Waals surface area contributed by atoms with Gasteiger partial charge in [0.25, 0.3) is 0 Å². The lowest BCUT2D eigenvalue weighted by atomic mass is 9.73. The Balaban J connectivity index is 3.10. The molecule has 1 unspecified atom stereocenters. The molecule has 1 atom stereocenters. The Bertz CT molecular complexity index is 526.